The first-order valence-corrected chi connectivity index (χ1v) is 12.9. The Labute approximate surface area is 207 Å². The molecule has 3 heterocycles. The van der Waals surface area contributed by atoms with Crippen molar-refractivity contribution in [1.82, 2.24) is 19.5 Å². The quantitative estimate of drug-likeness (QED) is 0.553. The van der Waals surface area contributed by atoms with Gasteiger partial charge in [0.2, 0.25) is 5.95 Å². The van der Waals surface area contributed by atoms with Crippen LogP contribution in [0.4, 0.5) is 20.5 Å². The Morgan fingerprint density at radius 3 is 2.44 bits per heavy atom. The molecule has 4 bridgehead atoms. The molecule has 190 valence electrons. The topological polar surface area (TPSA) is 88.3 Å². The zero-order valence-corrected chi connectivity index (χ0v) is 20.0. The highest BCUT2D eigenvalue weighted by Gasteiger charge is 2.54. The fourth-order valence-electron chi connectivity index (χ4n) is 7.35. The van der Waals surface area contributed by atoms with Crippen LogP contribution >= 0.6 is 0 Å². The zero-order valence-electron chi connectivity index (χ0n) is 20.0. The number of aliphatic hydroxyl groups is 1. The number of hydrogen-bond acceptors (Lipinski definition) is 7. The average Bonchev–Trinajstić information content (AvgIpc) is 3.26. The van der Waals surface area contributed by atoms with E-state index in [1.54, 1.807) is 24.3 Å². The van der Waals surface area contributed by atoms with Crippen LogP contribution < -0.4 is 10.2 Å². The molecule has 0 spiro atoms. The lowest BCUT2D eigenvalue weighted by Gasteiger charge is -2.58. The van der Waals surface area contributed by atoms with Crippen molar-refractivity contribution in [1.29, 1.82) is 0 Å². The minimum Gasteiger partial charge on any atom is -0.390 e. The molecular formula is C26H30F2N6O2. The predicted molar refractivity (Wildman–Crippen MR) is 131 cm³/mol. The van der Waals surface area contributed by atoms with Crippen LogP contribution in [-0.2, 0) is 4.74 Å². The summed E-state index contributed by atoms with van der Waals surface area (Å²) >= 11 is 0. The maximum atomic E-state index is 14.1. The molecule has 4 saturated carbocycles. The monoisotopic (exact) mass is 496 g/mol. The second-order valence-electron chi connectivity index (χ2n) is 11.0. The van der Waals surface area contributed by atoms with Crippen molar-refractivity contribution < 1.29 is 18.6 Å². The van der Waals surface area contributed by atoms with Crippen molar-refractivity contribution in [3.63, 3.8) is 0 Å². The molecule has 3 aromatic rings. The Morgan fingerprint density at radius 2 is 1.72 bits per heavy atom. The molecule has 8 nitrogen and oxygen atoms in total. The highest BCUT2D eigenvalue weighted by Crippen LogP contribution is 2.56. The molecule has 0 radical (unpaired) electrons. The van der Waals surface area contributed by atoms with Crippen molar-refractivity contribution in [2.24, 2.45) is 17.8 Å². The predicted octanol–water partition coefficient (Wildman–Crippen LogP) is 3.94. The molecule has 1 aliphatic heterocycles. The van der Waals surface area contributed by atoms with Crippen LogP contribution in [0.1, 0.15) is 44.4 Å². The summed E-state index contributed by atoms with van der Waals surface area (Å²) in [5, 5.41) is 14.6. The van der Waals surface area contributed by atoms with E-state index in [1.165, 1.54) is 4.57 Å². The van der Waals surface area contributed by atoms with Gasteiger partial charge in [0, 0.05) is 25.2 Å². The molecule has 1 aromatic carbocycles. The number of ether oxygens (including phenoxy) is 1. The first kappa shape index (κ1) is 22.4. The van der Waals surface area contributed by atoms with Gasteiger partial charge in [-0.1, -0.05) is 12.1 Å². The minimum atomic E-state index is -2.75. The third kappa shape index (κ3) is 3.73. The highest BCUT2D eigenvalue weighted by molar-refractivity contribution is 5.78. The summed E-state index contributed by atoms with van der Waals surface area (Å²) in [6.45, 7) is 2.52. The molecule has 5 atom stereocenters. The van der Waals surface area contributed by atoms with Gasteiger partial charge < -0.3 is 20.1 Å². The lowest BCUT2D eigenvalue weighted by molar-refractivity contribution is -0.129. The third-order valence-electron chi connectivity index (χ3n) is 8.58. The lowest BCUT2D eigenvalue weighted by atomic mass is 9.52. The van der Waals surface area contributed by atoms with Crippen LogP contribution in [0.25, 0.3) is 16.9 Å². The van der Waals surface area contributed by atoms with Crippen molar-refractivity contribution in [2.75, 3.05) is 36.5 Å². The Morgan fingerprint density at radius 1 is 1.00 bits per heavy atom. The number of nitrogens with zero attached hydrogens (tertiary/aromatic N) is 5. The molecule has 1 saturated heterocycles. The number of para-hydroxylation sites is 2. The number of halogens is 2. The molecule has 36 heavy (non-hydrogen) atoms. The average molecular weight is 497 g/mol. The van der Waals surface area contributed by atoms with E-state index in [2.05, 4.69) is 15.2 Å². The molecule has 2 N–H and O–H groups in total. The number of nitrogens with one attached hydrogen (secondary N) is 1. The Balaban J connectivity index is 1.31. The van der Waals surface area contributed by atoms with Gasteiger partial charge >= 0.3 is 0 Å². The number of hydrogen-bond donors (Lipinski definition) is 2. The van der Waals surface area contributed by atoms with E-state index in [-0.39, 0.29) is 11.9 Å². The number of rotatable bonds is 5. The Hall–Kier alpha value is -2.85. The van der Waals surface area contributed by atoms with Gasteiger partial charge in [0.25, 0.3) is 6.43 Å². The van der Waals surface area contributed by atoms with E-state index >= 15 is 0 Å². The summed E-state index contributed by atoms with van der Waals surface area (Å²) in [4.78, 5) is 16.0. The Bertz CT molecular complexity index is 1280. The fourth-order valence-corrected chi connectivity index (χ4v) is 7.35. The van der Waals surface area contributed by atoms with Crippen LogP contribution in [0.15, 0.2) is 30.3 Å². The van der Waals surface area contributed by atoms with Crippen LogP contribution in [0.5, 0.6) is 0 Å². The SMILES string of the molecule is OC12CC3C[C@H](C1)C(Nc1nc(N4CCOCC4)cc(-n4c(C(F)F)nc5ccccc54)n1)[C@@H](C3)C2. The molecule has 5 aliphatic rings. The highest BCUT2D eigenvalue weighted by atomic mass is 19.3. The van der Waals surface area contributed by atoms with E-state index in [1.807, 2.05) is 6.07 Å². The summed E-state index contributed by atoms with van der Waals surface area (Å²) in [5.74, 6) is 2.50. The molecule has 3 unspecified atom stereocenters. The number of benzene rings is 1. The summed E-state index contributed by atoms with van der Waals surface area (Å²) in [5.41, 5.74) is 0.559. The number of aromatic nitrogens is 4. The van der Waals surface area contributed by atoms with Crippen LogP contribution in [0.2, 0.25) is 0 Å². The Kier molecular flexibility index (Phi) is 5.18. The maximum absolute atomic E-state index is 14.1. The van der Waals surface area contributed by atoms with Crippen molar-refractivity contribution in [3.05, 3.63) is 36.2 Å². The second-order valence-corrected chi connectivity index (χ2v) is 11.0. The molecule has 0 amide bonds. The summed E-state index contributed by atoms with van der Waals surface area (Å²) < 4.78 is 35.2. The van der Waals surface area contributed by atoms with Gasteiger partial charge in [-0.25, -0.2) is 13.8 Å². The summed E-state index contributed by atoms with van der Waals surface area (Å²) in [6.07, 6.45) is 1.98. The normalized spacial score (nSPS) is 31.5. The van der Waals surface area contributed by atoms with Gasteiger partial charge in [0.1, 0.15) is 11.6 Å². The second kappa shape index (κ2) is 8.34. The number of fused-ring (bicyclic) bond motifs is 1. The van der Waals surface area contributed by atoms with E-state index in [4.69, 9.17) is 14.7 Å². The van der Waals surface area contributed by atoms with E-state index in [0.717, 1.165) is 32.1 Å². The minimum absolute atomic E-state index is 0.170. The standard InChI is InChI=1S/C26H30F2N6O2/c27-23(28)24-29-18-3-1-2-4-19(18)34(24)21-11-20(33-5-7-36-8-6-33)30-25(31-21)32-22-16-9-15-10-17(22)14-26(35,12-15)13-16/h1-4,11,15-17,22-23,35H,5-10,12-14H2,(H,30,31,32)/t15?,16-,17+,22?,26?. The molecular weight excluding hydrogens is 466 g/mol. The van der Waals surface area contributed by atoms with Crippen molar-refractivity contribution in [3.8, 4) is 5.82 Å². The molecule has 4 aliphatic carbocycles. The zero-order chi connectivity index (χ0) is 24.4. The van der Waals surface area contributed by atoms with Crippen molar-refractivity contribution >= 4 is 22.8 Å². The van der Waals surface area contributed by atoms with Crippen LogP contribution in [0, 0.1) is 17.8 Å². The first-order valence-electron chi connectivity index (χ1n) is 12.9. The van der Waals surface area contributed by atoms with Gasteiger partial charge in [-0.05, 0) is 62.0 Å². The van der Waals surface area contributed by atoms with Crippen LogP contribution in [-0.4, -0.2) is 62.6 Å². The molecule has 5 fully saturated rings. The van der Waals surface area contributed by atoms with Gasteiger partial charge in [0.05, 0.1) is 29.8 Å². The molecule has 10 heteroatoms. The van der Waals surface area contributed by atoms with Gasteiger partial charge in [-0.2, -0.15) is 9.97 Å². The first-order chi connectivity index (χ1) is 17.5. The van der Waals surface area contributed by atoms with Crippen LogP contribution in [0.3, 0.4) is 0 Å². The summed E-state index contributed by atoms with van der Waals surface area (Å²) in [7, 11) is 0. The van der Waals surface area contributed by atoms with Gasteiger partial charge in [0.15, 0.2) is 5.82 Å². The van der Waals surface area contributed by atoms with E-state index in [9.17, 15) is 13.9 Å². The van der Waals surface area contributed by atoms with Gasteiger partial charge in [-0.3, -0.25) is 4.57 Å². The number of alkyl halides is 2. The van der Waals surface area contributed by atoms with E-state index in [0.29, 0.717) is 72.7 Å². The van der Waals surface area contributed by atoms with Gasteiger partial charge in [-0.15, -0.1) is 0 Å². The maximum Gasteiger partial charge on any atom is 0.296 e. The largest absolute Gasteiger partial charge is 0.390 e. The van der Waals surface area contributed by atoms with E-state index < -0.39 is 12.0 Å². The number of anilines is 2. The summed E-state index contributed by atoms with van der Waals surface area (Å²) in [6, 6.07) is 9.08. The van der Waals surface area contributed by atoms with Crippen molar-refractivity contribution in [2.45, 2.75) is 50.2 Å². The number of imidazole rings is 1. The molecule has 8 rings (SSSR count). The smallest absolute Gasteiger partial charge is 0.296 e. The third-order valence-corrected chi connectivity index (χ3v) is 8.58. The number of morpholine rings is 1. The lowest BCUT2D eigenvalue weighted by Crippen LogP contribution is -2.59. The molecule has 2 aromatic heterocycles. The fraction of sp³-hybridized carbons (Fsp3) is 0.577.